The van der Waals surface area contributed by atoms with Gasteiger partial charge in [0.15, 0.2) is 11.6 Å². The van der Waals surface area contributed by atoms with Crippen LogP contribution in [-0.2, 0) is 0 Å². The first-order valence-electron chi connectivity index (χ1n) is 12.9. The van der Waals surface area contributed by atoms with Crippen molar-refractivity contribution in [1.29, 1.82) is 0 Å². The van der Waals surface area contributed by atoms with Crippen LogP contribution in [0.15, 0.2) is 66.7 Å². The van der Waals surface area contributed by atoms with Crippen LogP contribution in [0.2, 0.25) is 0 Å². The summed E-state index contributed by atoms with van der Waals surface area (Å²) >= 11 is 0. The second kappa shape index (κ2) is 16.1. The third-order valence-corrected chi connectivity index (χ3v) is 6.11. The summed E-state index contributed by atoms with van der Waals surface area (Å²) in [5, 5.41) is 0. The van der Waals surface area contributed by atoms with E-state index in [1.165, 1.54) is 0 Å². The summed E-state index contributed by atoms with van der Waals surface area (Å²) in [5.41, 5.74) is 2.49. The number of aryl methyl sites for hydroxylation is 1. The van der Waals surface area contributed by atoms with Gasteiger partial charge in [0.2, 0.25) is 0 Å². The van der Waals surface area contributed by atoms with Gasteiger partial charge in [-0.1, -0.05) is 6.92 Å². The van der Waals surface area contributed by atoms with Crippen LogP contribution in [0.1, 0.15) is 66.3 Å². The Morgan fingerprint density at radius 2 is 1.18 bits per heavy atom. The predicted molar refractivity (Wildman–Crippen MR) is 151 cm³/mol. The molecule has 6 heteroatoms. The molecule has 1 unspecified atom stereocenters. The maximum Gasteiger partial charge on any atom is 0.159 e. The van der Waals surface area contributed by atoms with E-state index in [4.69, 9.17) is 18.9 Å². The number of rotatable bonds is 13. The van der Waals surface area contributed by atoms with Crippen molar-refractivity contribution in [2.24, 2.45) is 5.92 Å². The molecule has 0 saturated heterocycles. The minimum Gasteiger partial charge on any atom is -0.497 e. The van der Waals surface area contributed by atoms with Gasteiger partial charge in [0.1, 0.15) is 23.0 Å². The monoisotopic (exact) mass is 520 g/mol. The molecule has 38 heavy (non-hydrogen) atoms. The van der Waals surface area contributed by atoms with E-state index in [2.05, 4.69) is 6.92 Å². The topological polar surface area (TPSA) is 71.1 Å². The minimum atomic E-state index is 0.0622. The van der Waals surface area contributed by atoms with Gasteiger partial charge in [-0.2, -0.15) is 0 Å². The van der Waals surface area contributed by atoms with Gasteiger partial charge in [-0.25, -0.2) is 0 Å². The normalized spacial score (nSPS) is 11.0. The smallest absolute Gasteiger partial charge is 0.159 e. The lowest BCUT2D eigenvalue weighted by Crippen LogP contribution is -2.06. The number of ketones is 2. The maximum absolute atomic E-state index is 11.3. The Hall–Kier alpha value is -3.80. The van der Waals surface area contributed by atoms with Crippen LogP contribution in [-0.4, -0.2) is 39.0 Å². The molecule has 0 saturated carbocycles. The first-order valence-corrected chi connectivity index (χ1v) is 12.9. The van der Waals surface area contributed by atoms with Gasteiger partial charge in [-0.15, -0.1) is 0 Å². The second-order valence-corrected chi connectivity index (χ2v) is 9.23. The molecule has 0 heterocycles. The Labute approximate surface area is 226 Å². The zero-order chi connectivity index (χ0) is 27.9. The van der Waals surface area contributed by atoms with Crippen molar-refractivity contribution >= 4 is 11.6 Å². The van der Waals surface area contributed by atoms with Crippen molar-refractivity contribution in [3.63, 3.8) is 0 Å². The lowest BCUT2D eigenvalue weighted by molar-refractivity contribution is 0.100. The molecule has 6 nitrogen and oxygen atoms in total. The third kappa shape index (κ3) is 10.7. The number of hydrogen-bond donors (Lipinski definition) is 0. The van der Waals surface area contributed by atoms with Crippen LogP contribution in [0.3, 0.4) is 0 Å². The summed E-state index contributed by atoms with van der Waals surface area (Å²) in [6, 6.07) is 20.2. The van der Waals surface area contributed by atoms with Gasteiger partial charge < -0.3 is 18.9 Å². The molecule has 0 aliphatic rings. The highest BCUT2D eigenvalue weighted by Gasteiger charge is 2.05. The molecule has 3 rings (SSSR count). The van der Waals surface area contributed by atoms with Gasteiger partial charge >= 0.3 is 0 Å². The predicted octanol–water partition coefficient (Wildman–Crippen LogP) is 7.37. The summed E-state index contributed by atoms with van der Waals surface area (Å²) in [5.74, 6) is 4.02. The lowest BCUT2D eigenvalue weighted by atomic mass is 10.0. The number of carbonyl (C=O) groups excluding carboxylic acids is 2. The van der Waals surface area contributed by atoms with Gasteiger partial charge in [-0.05, 0) is 118 Å². The SMILES string of the molecule is CC(=O)c1ccc(OCCCC(C)CCOc2ccc(C(C)=O)cc2)cc1.COc1ccc(OC)c(C)c1. The van der Waals surface area contributed by atoms with Crippen LogP contribution in [0.25, 0.3) is 0 Å². The molecule has 3 aromatic rings. The lowest BCUT2D eigenvalue weighted by Gasteiger charge is -2.13. The summed E-state index contributed by atoms with van der Waals surface area (Å²) in [4.78, 5) is 22.5. The fraction of sp³-hybridized carbons (Fsp3) is 0.375. The van der Waals surface area contributed by atoms with E-state index in [9.17, 15) is 9.59 Å². The van der Waals surface area contributed by atoms with Crippen molar-refractivity contribution in [1.82, 2.24) is 0 Å². The van der Waals surface area contributed by atoms with Crippen LogP contribution in [0, 0.1) is 12.8 Å². The number of hydrogen-bond acceptors (Lipinski definition) is 6. The van der Waals surface area contributed by atoms with Crippen molar-refractivity contribution in [3.8, 4) is 23.0 Å². The van der Waals surface area contributed by atoms with Crippen LogP contribution in [0.5, 0.6) is 23.0 Å². The van der Waals surface area contributed by atoms with E-state index in [1.54, 1.807) is 52.3 Å². The fourth-order valence-electron chi connectivity index (χ4n) is 3.69. The van der Waals surface area contributed by atoms with Gasteiger partial charge in [0.25, 0.3) is 0 Å². The van der Waals surface area contributed by atoms with Crippen molar-refractivity contribution in [2.75, 3.05) is 27.4 Å². The minimum absolute atomic E-state index is 0.0622. The molecular weight excluding hydrogens is 480 g/mol. The van der Waals surface area contributed by atoms with Crippen LogP contribution >= 0.6 is 0 Å². The summed E-state index contributed by atoms with van der Waals surface area (Å²) in [7, 11) is 3.32. The number of ether oxygens (including phenoxy) is 4. The zero-order valence-corrected chi connectivity index (χ0v) is 23.4. The number of methoxy groups -OCH3 is 2. The fourth-order valence-corrected chi connectivity index (χ4v) is 3.69. The highest BCUT2D eigenvalue weighted by atomic mass is 16.5. The van der Waals surface area contributed by atoms with E-state index in [0.717, 1.165) is 47.8 Å². The Kier molecular flexibility index (Phi) is 12.9. The molecule has 0 aliphatic carbocycles. The van der Waals surface area contributed by atoms with E-state index >= 15 is 0 Å². The van der Waals surface area contributed by atoms with Gasteiger partial charge in [-0.3, -0.25) is 9.59 Å². The van der Waals surface area contributed by atoms with Crippen molar-refractivity contribution in [3.05, 3.63) is 83.4 Å². The van der Waals surface area contributed by atoms with E-state index in [1.807, 2.05) is 49.4 Å². The van der Waals surface area contributed by atoms with E-state index in [0.29, 0.717) is 30.3 Å². The zero-order valence-electron chi connectivity index (χ0n) is 23.4. The molecule has 1 atom stereocenters. The Balaban J connectivity index is 0.000000384. The summed E-state index contributed by atoms with van der Waals surface area (Å²) < 4.78 is 21.6. The quantitative estimate of drug-likeness (QED) is 0.173. The average Bonchev–Trinajstić information content (AvgIpc) is 2.92. The van der Waals surface area contributed by atoms with E-state index < -0.39 is 0 Å². The Bertz CT molecular complexity index is 1140. The molecule has 0 spiro atoms. The highest BCUT2D eigenvalue weighted by molar-refractivity contribution is 5.94. The first-order chi connectivity index (χ1) is 18.2. The number of carbonyl (C=O) groups is 2. The molecule has 0 N–H and O–H groups in total. The summed E-state index contributed by atoms with van der Waals surface area (Å²) in [6.07, 6.45) is 3.02. The summed E-state index contributed by atoms with van der Waals surface area (Å²) in [6.45, 7) is 8.64. The molecule has 3 aromatic carbocycles. The average molecular weight is 521 g/mol. The van der Waals surface area contributed by atoms with Crippen LogP contribution < -0.4 is 18.9 Å². The third-order valence-electron chi connectivity index (χ3n) is 6.11. The second-order valence-electron chi connectivity index (χ2n) is 9.23. The Morgan fingerprint density at radius 1 is 0.684 bits per heavy atom. The largest absolute Gasteiger partial charge is 0.497 e. The van der Waals surface area contributed by atoms with Crippen molar-refractivity contribution < 1.29 is 28.5 Å². The molecule has 0 amide bonds. The molecule has 0 aromatic heterocycles. The number of benzene rings is 3. The molecular formula is C32H40O6. The number of Topliss-reactive ketones (excluding diaryl/α,β-unsaturated/α-hetero) is 2. The van der Waals surface area contributed by atoms with E-state index in [-0.39, 0.29) is 11.6 Å². The molecule has 0 bridgehead atoms. The molecule has 0 aliphatic heterocycles. The molecule has 0 radical (unpaired) electrons. The van der Waals surface area contributed by atoms with Gasteiger partial charge in [0.05, 0.1) is 27.4 Å². The molecule has 204 valence electrons. The highest BCUT2D eigenvalue weighted by Crippen LogP contribution is 2.22. The van der Waals surface area contributed by atoms with Crippen molar-refractivity contribution in [2.45, 2.75) is 47.0 Å². The van der Waals surface area contributed by atoms with Gasteiger partial charge in [0, 0.05) is 11.1 Å². The maximum atomic E-state index is 11.3. The standard InChI is InChI=1S/C23H28O4.C9H12O2/c1-17(14-16-27-23-12-8-21(9-13-23)19(3)25)5-4-15-26-22-10-6-20(7-11-22)18(2)24;1-7-6-8(10-2)4-5-9(7)11-3/h6-13,17H,4-5,14-16H2,1-3H3;4-6H,1-3H3. The molecule has 0 fully saturated rings. The first kappa shape index (κ1) is 30.4. The van der Waals surface area contributed by atoms with Crippen LogP contribution in [0.4, 0.5) is 0 Å². The Morgan fingerprint density at radius 3 is 1.63 bits per heavy atom.